The summed E-state index contributed by atoms with van der Waals surface area (Å²) < 4.78 is 1.88. The molecular formula is C16H23ClN4OS. The summed E-state index contributed by atoms with van der Waals surface area (Å²) >= 11 is 1.51. The number of aromatic nitrogens is 2. The minimum Gasteiger partial charge on any atom is -0.348 e. The third-order valence-electron chi connectivity index (χ3n) is 3.94. The van der Waals surface area contributed by atoms with Gasteiger partial charge in [-0.05, 0) is 24.9 Å². The summed E-state index contributed by atoms with van der Waals surface area (Å²) in [5, 5.41) is 12.0. The molecule has 0 spiro atoms. The lowest BCUT2D eigenvalue weighted by Crippen LogP contribution is -2.29. The van der Waals surface area contributed by atoms with Gasteiger partial charge in [-0.3, -0.25) is 9.48 Å². The van der Waals surface area contributed by atoms with Gasteiger partial charge in [0.25, 0.3) is 5.91 Å². The Morgan fingerprint density at radius 1 is 1.52 bits per heavy atom. The minimum absolute atomic E-state index is 0. The Morgan fingerprint density at radius 3 is 2.96 bits per heavy atom. The van der Waals surface area contributed by atoms with Gasteiger partial charge in [0.2, 0.25) is 0 Å². The number of hydrogen-bond donors (Lipinski definition) is 2. The topological polar surface area (TPSA) is 59.0 Å². The molecule has 2 aromatic rings. The zero-order valence-corrected chi connectivity index (χ0v) is 15.3. The van der Waals surface area contributed by atoms with E-state index in [4.69, 9.17) is 0 Å². The molecule has 1 amide bonds. The molecular weight excluding hydrogens is 332 g/mol. The van der Waals surface area contributed by atoms with Gasteiger partial charge < -0.3 is 10.6 Å². The summed E-state index contributed by atoms with van der Waals surface area (Å²) in [6, 6.07) is 1.98. The second-order valence-electron chi connectivity index (χ2n) is 5.99. The largest absolute Gasteiger partial charge is 0.348 e. The molecule has 0 aromatic carbocycles. The van der Waals surface area contributed by atoms with Crippen LogP contribution in [0.1, 0.15) is 41.6 Å². The Hall–Kier alpha value is -1.37. The molecule has 0 radical (unpaired) electrons. The van der Waals surface area contributed by atoms with E-state index in [1.807, 2.05) is 17.8 Å². The number of carbonyl (C=O) groups excluding carboxylic acids is 1. The van der Waals surface area contributed by atoms with Crippen molar-refractivity contribution in [2.45, 2.75) is 26.2 Å². The van der Waals surface area contributed by atoms with Gasteiger partial charge in [-0.1, -0.05) is 25.5 Å². The lowest BCUT2D eigenvalue weighted by Gasteiger charge is -2.14. The smallest absolute Gasteiger partial charge is 0.261 e. The number of amides is 1. The van der Waals surface area contributed by atoms with Gasteiger partial charge in [-0.2, -0.15) is 5.10 Å². The molecule has 2 aromatic heterocycles. The first-order valence-corrected chi connectivity index (χ1v) is 8.51. The molecule has 2 N–H and O–H groups in total. The minimum atomic E-state index is 0. The van der Waals surface area contributed by atoms with Crippen LogP contribution in [0.5, 0.6) is 0 Å². The van der Waals surface area contributed by atoms with Gasteiger partial charge in [0.05, 0.1) is 10.6 Å². The third kappa shape index (κ3) is 3.76. The van der Waals surface area contributed by atoms with Crippen LogP contribution in [0.15, 0.2) is 17.7 Å². The maximum Gasteiger partial charge on any atom is 0.261 e. The summed E-state index contributed by atoms with van der Waals surface area (Å²) in [5.41, 5.74) is 2.37. The zero-order valence-electron chi connectivity index (χ0n) is 13.7. The summed E-state index contributed by atoms with van der Waals surface area (Å²) in [7, 11) is 1.94. The van der Waals surface area contributed by atoms with Crippen LogP contribution >= 0.6 is 23.7 Å². The van der Waals surface area contributed by atoms with Crippen molar-refractivity contribution in [2.24, 2.45) is 7.05 Å². The molecule has 5 nitrogen and oxygen atoms in total. The fourth-order valence-electron chi connectivity index (χ4n) is 2.72. The number of nitrogens with zero attached hydrogens (tertiary/aromatic N) is 2. The van der Waals surface area contributed by atoms with Crippen LogP contribution in [0.3, 0.4) is 0 Å². The highest BCUT2D eigenvalue weighted by Gasteiger charge is 2.18. The molecule has 0 fully saturated rings. The van der Waals surface area contributed by atoms with Crippen LogP contribution in [0.25, 0.3) is 10.2 Å². The van der Waals surface area contributed by atoms with Crippen molar-refractivity contribution in [3.05, 3.63) is 28.3 Å². The number of nitrogens with one attached hydrogen (secondary N) is 2. The molecule has 3 rings (SSSR count). The molecule has 0 bridgehead atoms. The highest BCUT2D eigenvalue weighted by Crippen LogP contribution is 2.31. The van der Waals surface area contributed by atoms with Crippen molar-refractivity contribution in [2.75, 3.05) is 19.6 Å². The quantitative estimate of drug-likeness (QED) is 0.830. The first-order valence-electron chi connectivity index (χ1n) is 7.69. The van der Waals surface area contributed by atoms with Crippen molar-refractivity contribution >= 4 is 39.9 Å². The van der Waals surface area contributed by atoms with E-state index in [-0.39, 0.29) is 18.3 Å². The number of halogens is 1. The van der Waals surface area contributed by atoms with E-state index in [1.165, 1.54) is 16.9 Å². The second-order valence-corrected chi connectivity index (χ2v) is 7.02. The molecule has 0 saturated carbocycles. The Kier molecular flexibility index (Phi) is 5.84. The van der Waals surface area contributed by atoms with Crippen molar-refractivity contribution < 1.29 is 4.79 Å². The van der Waals surface area contributed by atoms with Gasteiger partial charge >= 0.3 is 0 Å². The molecule has 7 heteroatoms. The van der Waals surface area contributed by atoms with E-state index in [0.717, 1.165) is 40.3 Å². The van der Waals surface area contributed by atoms with Crippen LogP contribution in [-0.4, -0.2) is 35.3 Å². The summed E-state index contributed by atoms with van der Waals surface area (Å²) in [5.74, 6) is 0.365. The van der Waals surface area contributed by atoms with Crippen LogP contribution < -0.4 is 10.6 Å². The molecule has 0 atom stereocenters. The fraction of sp³-hybridized carbons (Fsp3) is 0.500. The molecule has 126 valence electrons. The lowest BCUT2D eigenvalue weighted by atomic mass is 10.1. The summed E-state index contributed by atoms with van der Waals surface area (Å²) in [6.07, 6.45) is 3.17. The van der Waals surface area contributed by atoms with Crippen LogP contribution in [0, 0.1) is 0 Å². The van der Waals surface area contributed by atoms with Gasteiger partial charge in [-0.15, -0.1) is 23.7 Å². The third-order valence-corrected chi connectivity index (χ3v) is 5.15. The lowest BCUT2D eigenvalue weighted by molar-refractivity contribution is 0.0960. The maximum absolute atomic E-state index is 12.4. The van der Waals surface area contributed by atoms with Gasteiger partial charge in [0, 0.05) is 25.5 Å². The average molecular weight is 355 g/mol. The van der Waals surface area contributed by atoms with E-state index in [9.17, 15) is 4.79 Å². The van der Waals surface area contributed by atoms with Crippen molar-refractivity contribution in [3.63, 3.8) is 0 Å². The van der Waals surface area contributed by atoms with E-state index in [0.29, 0.717) is 12.5 Å². The van der Waals surface area contributed by atoms with E-state index < -0.39 is 0 Å². The standard InChI is InChI=1S/C16H22N4OS.ClH/c1-10(2)14-12-8-13(22-16(12)20(3)19-14)15(21)18-9-11-4-6-17-7-5-11;/h4,8,10,17H,5-7,9H2,1-3H3,(H,18,21);1H. The molecule has 3 heterocycles. The molecule has 0 unspecified atom stereocenters. The predicted molar refractivity (Wildman–Crippen MR) is 97.8 cm³/mol. The Morgan fingerprint density at radius 2 is 2.30 bits per heavy atom. The maximum atomic E-state index is 12.4. The number of carbonyl (C=O) groups is 1. The Bertz CT molecular complexity index is 732. The normalized spacial score (nSPS) is 14.7. The van der Waals surface area contributed by atoms with Crippen molar-refractivity contribution in [3.8, 4) is 0 Å². The monoisotopic (exact) mass is 354 g/mol. The van der Waals surface area contributed by atoms with Crippen LogP contribution in [0.4, 0.5) is 0 Å². The first kappa shape index (κ1) is 18.0. The van der Waals surface area contributed by atoms with E-state index >= 15 is 0 Å². The van der Waals surface area contributed by atoms with Gasteiger partial charge in [-0.25, -0.2) is 0 Å². The number of fused-ring (bicyclic) bond motifs is 1. The van der Waals surface area contributed by atoms with Crippen LogP contribution in [0.2, 0.25) is 0 Å². The van der Waals surface area contributed by atoms with Crippen molar-refractivity contribution in [1.82, 2.24) is 20.4 Å². The van der Waals surface area contributed by atoms with Gasteiger partial charge in [0.15, 0.2) is 0 Å². The van der Waals surface area contributed by atoms with E-state index in [1.54, 1.807) is 0 Å². The van der Waals surface area contributed by atoms with Crippen molar-refractivity contribution in [1.29, 1.82) is 0 Å². The molecule has 1 aliphatic rings. The highest BCUT2D eigenvalue weighted by atomic mass is 35.5. The highest BCUT2D eigenvalue weighted by molar-refractivity contribution is 7.20. The molecule has 0 saturated heterocycles. The predicted octanol–water partition coefficient (Wildman–Crippen LogP) is 2.83. The first-order chi connectivity index (χ1) is 10.6. The zero-order chi connectivity index (χ0) is 15.7. The fourth-order valence-corrected chi connectivity index (χ4v) is 3.71. The summed E-state index contributed by atoms with van der Waals surface area (Å²) in [6.45, 7) is 6.79. The SMILES string of the molecule is CC(C)c1nn(C)c2sc(C(=O)NCC3=CCNCC3)cc12.Cl. The number of aryl methyl sites for hydroxylation is 1. The number of rotatable bonds is 4. The van der Waals surface area contributed by atoms with Crippen LogP contribution in [-0.2, 0) is 7.05 Å². The molecule has 1 aliphatic heterocycles. The van der Waals surface area contributed by atoms with E-state index in [2.05, 4.69) is 35.7 Å². The Labute approximate surface area is 146 Å². The Balaban J connectivity index is 0.00000192. The molecule has 0 aliphatic carbocycles. The van der Waals surface area contributed by atoms with Gasteiger partial charge in [0.1, 0.15) is 4.83 Å². The second kappa shape index (κ2) is 7.47. The summed E-state index contributed by atoms with van der Waals surface area (Å²) in [4.78, 5) is 14.2. The number of hydrogen-bond acceptors (Lipinski definition) is 4. The number of thiophene rings is 1. The average Bonchev–Trinajstić information content (AvgIpc) is 3.07. The molecule has 23 heavy (non-hydrogen) atoms.